The number of aryl methyl sites for hydroxylation is 2. The SMILES string of the molecule is CCc1ccc(C(=O)CSc2nnc(CCCNC(C)=O)n2-c2ccccc2)cc1. The van der Waals surface area contributed by atoms with E-state index in [1.165, 1.54) is 24.2 Å². The predicted octanol–water partition coefficient (Wildman–Crippen LogP) is 3.87. The zero-order valence-electron chi connectivity index (χ0n) is 17.3. The Morgan fingerprint density at radius 1 is 1.03 bits per heavy atom. The lowest BCUT2D eigenvalue weighted by Crippen LogP contribution is -2.21. The van der Waals surface area contributed by atoms with Crippen molar-refractivity contribution in [1.82, 2.24) is 20.1 Å². The summed E-state index contributed by atoms with van der Waals surface area (Å²) in [5, 5.41) is 12.2. The maximum atomic E-state index is 12.6. The molecular formula is C23H26N4O2S. The monoisotopic (exact) mass is 422 g/mol. The van der Waals surface area contributed by atoms with Gasteiger partial charge in [-0.2, -0.15) is 0 Å². The number of amides is 1. The van der Waals surface area contributed by atoms with E-state index in [1.807, 2.05) is 59.2 Å². The molecule has 3 aromatic rings. The molecule has 3 rings (SSSR count). The van der Waals surface area contributed by atoms with E-state index in [0.29, 0.717) is 29.4 Å². The maximum Gasteiger partial charge on any atom is 0.216 e. The number of aromatic nitrogens is 3. The van der Waals surface area contributed by atoms with E-state index in [1.54, 1.807) is 0 Å². The van der Waals surface area contributed by atoms with Gasteiger partial charge in [-0.15, -0.1) is 10.2 Å². The average Bonchev–Trinajstić information content (AvgIpc) is 3.18. The van der Waals surface area contributed by atoms with E-state index in [9.17, 15) is 9.59 Å². The molecule has 0 spiro atoms. The lowest BCUT2D eigenvalue weighted by molar-refractivity contribution is -0.118. The number of nitrogens with one attached hydrogen (secondary N) is 1. The van der Waals surface area contributed by atoms with Gasteiger partial charge in [0.25, 0.3) is 0 Å². The number of hydrogen-bond donors (Lipinski definition) is 1. The topological polar surface area (TPSA) is 76.9 Å². The van der Waals surface area contributed by atoms with Crippen molar-refractivity contribution < 1.29 is 9.59 Å². The van der Waals surface area contributed by atoms with Crippen molar-refractivity contribution in [3.05, 3.63) is 71.5 Å². The zero-order valence-corrected chi connectivity index (χ0v) is 18.1. The Hall–Kier alpha value is -2.93. The number of hydrogen-bond acceptors (Lipinski definition) is 5. The number of rotatable bonds is 10. The largest absolute Gasteiger partial charge is 0.356 e. The van der Waals surface area contributed by atoms with Gasteiger partial charge in [-0.1, -0.05) is 61.2 Å². The highest BCUT2D eigenvalue weighted by molar-refractivity contribution is 7.99. The second-order valence-electron chi connectivity index (χ2n) is 6.92. The summed E-state index contributed by atoms with van der Waals surface area (Å²) < 4.78 is 1.99. The molecule has 0 bridgehead atoms. The Bertz CT molecular complexity index is 984. The summed E-state index contributed by atoms with van der Waals surface area (Å²) in [6.07, 6.45) is 2.39. The van der Waals surface area contributed by atoms with Gasteiger partial charge in [-0.25, -0.2) is 0 Å². The van der Waals surface area contributed by atoms with Crippen molar-refractivity contribution in [1.29, 1.82) is 0 Å². The first-order chi connectivity index (χ1) is 14.6. The van der Waals surface area contributed by atoms with Crippen LogP contribution in [-0.2, 0) is 17.6 Å². The molecule has 0 aliphatic rings. The fraction of sp³-hybridized carbons (Fsp3) is 0.304. The molecule has 6 nitrogen and oxygen atoms in total. The van der Waals surface area contributed by atoms with Crippen LogP contribution in [0.5, 0.6) is 0 Å². The first kappa shape index (κ1) is 21.8. The van der Waals surface area contributed by atoms with Crippen LogP contribution in [0.15, 0.2) is 59.8 Å². The molecule has 7 heteroatoms. The summed E-state index contributed by atoms with van der Waals surface area (Å²) in [6, 6.07) is 17.6. The Morgan fingerprint density at radius 2 is 1.77 bits per heavy atom. The number of carbonyl (C=O) groups is 2. The van der Waals surface area contributed by atoms with Crippen LogP contribution >= 0.6 is 11.8 Å². The molecule has 0 aliphatic carbocycles. The highest BCUT2D eigenvalue weighted by atomic mass is 32.2. The third kappa shape index (κ3) is 5.79. The van der Waals surface area contributed by atoms with Gasteiger partial charge >= 0.3 is 0 Å². The zero-order chi connectivity index (χ0) is 21.3. The molecule has 156 valence electrons. The van der Waals surface area contributed by atoms with Gasteiger partial charge in [0, 0.05) is 31.1 Å². The number of benzene rings is 2. The summed E-state index contributed by atoms with van der Waals surface area (Å²) in [5.41, 5.74) is 2.88. The first-order valence-electron chi connectivity index (χ1n) is 10.1. The molecule has 0 radical (unpaired) electrons. The molecule has 1 aromatic heterocycles. The number of para-hydroxylation sites is 1. The fourth-order valence-electron chi connectivity index (χ4n) is 3.04. The Kier molecular flexibility index (Phi) is 7.79. The van der Waals surface area contributed by atoms with Crippen LogP contribution in [-0.4, -0.2) is 38.8 Å². The molecule has 30 heavy (non-hydrogen) atoms. The molecular weight excluding hydrogens is 396 g/mol. The van der Waals surface area contributed by atoms with Crippen molar-refractivity contribution >= 4 is 23.5 Å². The van der Waals surface area contributed by atoms with E-state index >= 15 is 0 Å². The number of Topliss-reactive ketones (excluding diaryl/α,β-unsaturated/α-hetero) is 1. The van der Waals surface area contributed by atoms with Crippen LogP contribution in [0, 0.1) is 0 Å². The summed E-state index contributed by atoms with van der Waals surface area (Å²) in [5.74, 6) is 1.13. The molecule has 0 unspecified atom stereocenters. The summed E-state index contributed by atoms with van der Waals surface area (Å²) in [6.45, 7) is 4.19. The van der Waals surface area contributed by atoms with Gasteiger partial charge in [0.05, 0.1) is 5.75 Å². The average molecular weight is 423 g/mol. The number of thioether (sulfide) groups is 1. The Balaban J connectivity index is 1.73. The smallest absolute Gasteiger partial charge is 0.216 e. The van der Waals surface area contributed by atoms with Gasteiger partial charge in [-0.05, 0) is 30.5 Å². The van der Waals surface area contributed by atoms with Crippen LogP contribution in [0.1, 0.15) is 42.0 Å². The summed E-state index contributed by atoms with van der Waals surface area (Å²) in [4.78, 5) is 23.7. The first-order valence-corrected chi connectivity index (χ1v) is 11.1. The van der Waals surface area contributed by atoms with Crippen molar-refractivity contribution in [2.75, 3.05) is 12.3 Å². The van der Waals surface area contributed by atoms with Crippen LogP contribution < -0.4 is 5.32 Å². The van der Waals surface area contributed by atoms with E-state index in [-0.39, 0.29) is 11.7 Å². The molecule has 0 saturated carbocycles. The molecule has 2 aromatic carbocycles. The van der Waals surface area contributed by atoms with E-state index in [4.69, 9.17) is 0 Å². The molecule has 1 N–H and O–H groups in total. The van der Waals surface area contributed by atoms with Crippen molar-refractivity contribution in [3.63, 3.8) is 0 Å². The second-order valence-corrected chi connectivity index (χ2v) is 7.86. The van der Waals surface area contributed by atoms with Crippen LogP contribution in [0.4, 0.5) is 0 Å². The number of carbonyl (C=O) groups excluding carboxylic acids is 2. The minimum atomic E-state index is -0.0405. The third-order valence-electron chi connectivity index (χ3n) is 4.68. The van der Waals surface area contributed by atoms with Gasteiger partial charge in [-0.3, -0.25) is 14.2 Å². The molecule has 0 atom stereocenters. The van der Waals surface area contributed by atoms with Crippen molar-refractivity contribution in [2.24, 2.45) is 0 Å². The van der Waals surface area contributed by atoms with E-state index < -0.39 is 0 Å². The Morgan fingerprint density at radius 3 is 2.43 bits per heavy atom. The third-order valence-corrected chi connectivity index (χ3v) is 5.61. The molecule has 0 saturated heterocycles. The van der Waals surface area contributed by atoms with Crippen molar-refractivity contribution in [3.8, 4) is 5.69 Å². The summed E-state index contributed by atoms with van der Waals surface area (Å²) in [7, 11) is 0. The quantitative estimate of drug-likeness (QED) is 0.305. The normalized spacial score (nSPS) is 10.7. The van der Waals surface area contributed by atoms with Gasteiger partial charge in [0.2, 0.25) is 5.91 Å². The highest BCUT2D eigenvalue weighted by Crippen LogP contribution is 2.23. The predicted molar refractivity (Wildman–Crippen MR) is 119 cm³/mol. The van der Waals surface area contributed by atoms with Crippen LogP contribution in [0.25, 0.3) is 5.69 Å². The molecule has 1 heterocycles. The minimum absolute atomic E-state index is 0.0405. The number of ketones is 1. The van der Waals surface area contributed by atoms with Gasteiger partial charge in [0.15, 0.2) is 10.9 Å². The van der Waals surface area contributed by atoms with Crippen molar-refractivity contribution in [2.45, 2.75) is 38.3 Å². The Labute approximate surface area is 181 Å². The van der Waals surface area contributed by atoms with Gasteiger partial charge in [0.1, 0.15) is 5.82 Å². The minimum Gasteiger partial charge on any atom is -0.356 e. The summed E-state index contributed by atoms with van der Waals surface area (Å²) >= 11 is 1.39. The fourth-order valence-corrected chi connectivity index (χ4v) is 3.91. The van der Waals surface area contributed by atoms with Crippen LogP contribution in [0.2, 0.25) is 0 Å². The van der Waals surface area contributed by atoms with E-state index in [0.717, 1.165) is 24.4 Å². The van der Waals surface area contributed by atoms with Crippen LogP contribution in [0.3, 0.4) is 0 Å². The second kappa shape index (κ2) is 10.7. The van der Waals surface area contributed by atoms with Gasteiger partial charge < -0.3 is 5.32 Å². The highest BCUT2D eigenvalue weighted by Gasteiger charge is 2.16. The molecule has 1 amide bonds. The molecule has 0 fully saturated rings. The maximum absolute atomic E-state index is 12.6. The number of nitrogens with zero attached hydrogens (tertiary/aromatic N) is 3. The lowest BCUT2D eigenvalue weighted by Gasteiger charge is -2.10. The standard InChI is InChI=1S/C23H26N4O2S/c1-3-18-11-13-19(14-12-18)21(29)16-30-23-26-25-22(10-7-15-24-17(2)28)27(23)20-8-5-4-6-9-20/h4-6,8-9,11-14H,3,7,10,15-16H2,1-2H3,(H,24,28). The lowest BCUT2D eigenvalue weighted by atomic mass is 10.1. The van der Waals surface area contributed by atoms with E-state index in [2.05, 4.69) is 22.4 Å². The molecule has 0 aliphatic heterocycles.